The lowest BCUT2D eigenvalue weighted by molar-refractivity contribution is 0.0487. The Morgan fingerprint density at radius 3 is 2.81 bits per heavy atom. The van der Waals surface area contributed by atoms with E-state index in [1.54, 1.807) is 26.1 Å². The van der Waals surface area contributed by atoms with Crippen molar-refractivity contribution in [3.05, 3.63) is 40.2 Å². The molecular formula is C22H25N5O4. The second kappa shape index (κ2) is 9.08. The summed E-state index contributed by atoms with van der Waals surface area (Å²) in [5.74, 6) is 6.71. The number of imidazole rings is 1. The predicted molar refractivity (Wildman–Crippen MR) is 115 cm³/mol. The van der Waals surface area contributed by atoms with Gasteiger partial charge in [0.2, 0.25) is 11.7 Å². The highest BCUT2D eigenvalue weighted by Crippen LogP contribution is 2.23. The molecule has 0 bridgehead atoms. The van der Waals surface area contributed by atoms with Crippen LogP contribution in [0, 0.1) is 11.8 Å². The van der Waals surface area contributed by atoms with E-state index >= 15 is 0 Å². The number of rotatable bonds is 6. The van der Waals surface area contributed by atoms with Gasteiger partial charge in [-0.3, -0.25) is 9.36 Å². The first-order chi connectivity index (χ1) is 15.1. The van der Waals surface area contributed by atoms with E-state index in [2.05, 4.69) is 21.8 Å². The minimum absolute atomic E-state index is 0.0951. The average Bonchev–Trinajstić information content (AvgIpc) is 3.40. The van der Waals surface area contributed by atoms with Crippen LogP contribution in [0.2, 0.25) is 0 Å². The number of esters is 1. The largest absolute Gasteiger partial charge is 0.460 e. The molecule has 3 aromatic rings. The first-order valence-corrected chi connectivity index (χ1v) is 10.5. The fraction of sp³-hybridized carbons (Fsp3) is 0.455. The normalized spacial score (nSPS) is 13.8. The number of aromatic nitrogens is 4. The third kappa shape index (κ3) is 4.19. The summed E-state index contributed by atoms with van der Waals surface area (Å²) < 4.78 is 13.7. The van der Waals surface area contributed by atoms with Crippen LogP contribution in [0.4, 0.5) is 5.95 Å². The standard InChI is InChI=1S/C22H25N5O4/c1-3-5-13-26-19-17(24-22(26)25-11-7-6-8-12-25)14-23-27(20(19)28)15-16-9-10-18(31-16)21(29)30-4-2/h9-10,14H,4,6-8,11-13,15H2,1-2H3. The van der Waals surface area contributed by atoms with Gasteiger partial charge < -0.3 is 14.1 Å². The molecule has 0 atom stereocenters. The molecule has 1 aliphatic rings. The fourth-order valence-electron chi connectivity index (χ4n) is 3.75. The zero-order valence-electron chi connectivity index (χ0n) is 17.8. The molecule has 3 aromatic heterocycles. The molecular weight excluding hydrogens is 398 g/mol. The van der Waals surface area contributed by atoms with Crippen LogP contribution in [0.25, 0.3) is 11.0 Å². The summed E-state index contributed by atoms with van der Waals surface area (Å²) >= 11 is 0. The summed E-state index contributed by atoms with van der Waals surface area (Å²) in [6.45, 7) is 6.06. The second-order valence-electron chi connectivity index (χ2n) is 7.30. The van der Waals surface area contributed by atoms with Crippen molar-refractivity contribution in [3.8, 4) is 11.8 Å². The van der Waals surface area contributed by atoms with Crippen molar-refractivity contribution in [2.24, 2.45) is 0 Å². The number of anilines is 1. The highest BCUT2D eigenvalue weighted by Gasteiger charge is 2.22. The van der Waals surface area contributed by atoms with Gasteiger partial charge in [0, 0.05) is 13.1 Å². The van der Waals surface area contributed by atoms with Gasteiger partial charge in [-0.2, -0.15) is 5.10 Å². The Bertz CT molecular complexity index is 1200. The molecule has 0 radical (unpaired) electrons. The lowest BCUT2D eigenvalue weighted by Gasteiger charge is -2.27. The van der Waals surface area contributed by atoms with Gasteiger partial charge in [-0.25, -0.2) is 14.5 Å². The van der Waals surface area contributed by atoms with Crippen molar-refractivity contribution >= 4 is 23.0 Å². The van der Waals surface area contributed by atoms with E-state index in [0.29, 0.717) is 23.3 Å². The van der Waals surface area contributed by atoms with E-state index < -0.39 is 5.97 Å². The zero-order chi connectivity index (χ0) is 21.8. The molecule has 1 fully saturated rings. The number of hydrogen-bond donors (Lipinski definition) is 0. The fourth-order valence-corrected chi connectivity index (χ4v) is 3.75. The van der Waals surface area contributed by atoms with Gasteiger partial charge in [0.25, 0.3) is 5.56 Å². The SMILES string of the molecule is CC#CCn1c(N2CCCCC2)nc2cnn(Cc3ccc(C(=O)OCC)o3)c(=O)c21. The third-order valence-corrected chi connectivity index (χ3v) is 5.23. The quantitative estimate of drug-likeness (QED) is 0.444. The number of carbonyl (C=O) groups excluding carboxylic acids is 1. The van der Waals surface area contributed by atoms with Gasteiger partial charge in [-0.05, 0) is 45.2 Å². The number of ether oxygens (including phenoxy) is 1. The maximum atomic E-state index is 13.3. The lowest BCUT2D eigenvalue weighted by Crippen LogP contribution is -2.32. The van der Waals surface area contributed by atoms with Crippen molar-refractivity contribution in [2.45, 2.75) is 46.2 Å². The van der Waals surface area contributed by atoms with Crippen LogP contribution in [0.1, 0.15) is 49.4 Å². The summed E-state index contributed by atoms with van der Waals surface area (Å²) in [6, 6.07) is 3.18. The molecule has 31 heavy (non-hydrogen) atoms. The van der Waals surface area contributed by atoms with Gasteiger partial charge in [-0.15, -0.1) is 5.92 Å². The summed E-state index contributed by atoms with van der Waals surface area (Å²) in [7, 11) is 0. The Balaban J connectivity index is 1.71. The molecule has 4 heterocycles. The molecule has 4 rings (SSSR count). The van der Waals surface area contributed by atoms with E-state index in [0.717, 1.165) is 31.9 Å². The molecule has 0 aliphatic carbocycles. The van der Waals surface area contributed by atoms with Crippen molar-refractivity contribution in [2.75, 3.05) is 24.6 Å². The van der Waals surface area contributed by atoms with Crippen molar-refractivity contribution in [3.63, 3.8) is 0 Å². The first kappa shape index (κ1) is 20.7. The van der Waals surface area contributed by atoms with Crippen LogP contribution >= 0.6 is 0 Å². The predicted octanol–water partition coefficient (Wildman–Crippen LogP) is 2.42. The number of fused-ring (bicyclic) bond motifs is 1. The van der Waals surface area contributed by atoms with Crippen molar-refractivity contribution in [1.29, 1.82) is 0 Å². The number of furan rings is 1. The number of piperidine rings is 1. The molecule has 9 nitrogen and oxygen atoms in total. The zero-order valence-corrected chi connectivity index (χ0v) is 17.8. The smallest absolute Gasteiger partial charge is 0.374 e. The average molecular weight is 423 g/mol. The Hall–Kier alpha value is -3.54. The maximum Gasteiger partial charge on any atom is 0.374 e. The van der Waals surface area contributed by atoms with Gasteiger partial charge in [0.15, 0.2) is 0 Å². The molecule has 0 amide bonds. The van der Waals surface area contributed by atoms with Crippen molar-refractivity contribution in [1.82, 2.24) is 19.3 Å². The molecule has 0 N–H and O–H groups in total. The van der Waals surface area contributed by atoms with Crippen molar-refractivity contribution < 1.29 is 13.9 Å². The molecule has 0 unspecified atom stereocenters. The summed E-state index contributed by atoms with van der Waals surface area (Å²) in [4.78, 5) is 32.0. The van der Waals surface area contributed by atoms with Gasteiger partial charge in [-0.1, -0.05) is 5.92 Å². The van der Waals surface area contributed by atoms with Gasteiger partial charge >= 0.3 is 5.97 Å². The van der Waals surface area contributed by atoms with E-state index in [1.807, 2.05) is 4.57 Å². The summed E-state index contributed by atoms with van der Waals surface area (Å²) in [5, 5.41) is 4.27. The van der Waals surface area contributed by atoms with E-state index in [4.69, 9.17) is 14.1 Å². The Morgan fingerprint density at radius 2 is 2.06 bits per heavy atom. The number of carbonyl (C=O) groups is 1. The van der Waals surface area contributed by atoms with Crippen LogP contribution in [0.15, 0.2) is 27.5 Å². The minimum atomic E-state index is -0.535. The first-order valence-electron chi connectivity index (χ1n) is 10.5. The van der Waals surface area contributed by atoms with Crippen LogP contribution < -0.4 is 10.5 Å². The van der Waals surface area contributed by atoms with E-state index in [-0.39, 0.29) is 24.5 Å². The minimum Gasteiger partial charge on any atom is -0.460 e. The Labute approximate surface area is 179 Å². The molecule has 9 heteroatoms. The topological polar surface area (TPSA) is 95.4 Å². The molecule has 1 aliphatic heterocycles. The Kier molecular flexibility index (Phi) is 6.07. The van der Waals surface area contributed by atoms with E-state index in [1.165, 1.54) is 17.2 Å². The summed E-state index contributed by atoms with van der Waals surface area (Å²) in [5.41, 5.74) is 0.738. The molecule has 162 valence electrons. The highest BCUT2D eigenvalue weighted by atomic mass is 16.5. The lowest BCUT2D eigenvalue weighted by atomic mass is 10.1. The van der Waals surface area contributed by atoms with Crippen LogP contribution in [0.5, 0.6) is 0 Å². The highest BCUT2D eigenvalue weighted by molar-refractivity contribution is 5.86. The Morgan fingerprint density at radius 1 is 1.26 bits per heavy atom. The van der Waals surface area contributed by atoms with Crippen LogP contribution in [0.3, 0.4) is 0 Å². The molecule has 0 saturated carbocycles. The van der Waals surface area contributed by atoms with Crippen LogP contribution in [-0.2, 0) is 17.8 Å². The molecule has 1 saturated heterocycles. The molecule has 0 aromatic carbocycles. The third-order valence-electron chi connectivity index (χ3n) is 5.23. The molecule has 0 spiro atoms. The second-order valence-corrected chi connectivity index (χ2v) is 7.30. The maximum absolute atomic E-state index is 13.3. The monoisotopic (exact) mass is 423 g/mol. The number of hydrogen-bond acceptors (Lipinski definition) is 7. The van der Waals surface area contributed by atoms with E-state index in [9.17, 15) is 9.59 Å². The van der Waals surface area contributed by atoms with Crippen LogP contribution in [-0.4, -0.2) is 45.0 Å². The summed E-state index contributed by atoms with van der Waals surface area (Å²) in [6.07, 6.45) is 5.00. The van der Waals surface area contributed by atoms with Gasteiger partial charge in [0.05, 0.1) is 19.3 Å². The number of nitrogens with zero attached hydrogens (tertiary/aromatic N) is 5. The van der Waals surface area contributed by atoms with Gasteiger partial charge in [0.1, 0.15) is 23.3 Å².